The number of fused-ring (bicyclic) bond motifs is 2. The molecule has 304 valence electrons. The number of carbonyl (C=O) groups excluding carboxylic acids is 4. The summed E-state index contributed by atoms with van der Waals surface area (Å²) >= 11 is 3.62. The second kappa shape index (κ2) is 19.5. The van der Waals surface area contributed by atoms with E-state index >= 15 is 0 Å². The summed E-state index contributed by atoms with van der Waals surface area (Å²) in [6.45, 7) is 13.6. The average Bonchev–Trinajstić information content (AvgIpc) is 3.14. The molecule has 2 aliphatic heterocycles. The van der Waals surface area contributed by atoms with E-state index in [9.17, 15) is 19.2 Å². The Morgan fingerprint density at radius 3 is 1.84 bits per heavy atom. The van der Waals surface area contributed by atoms with E-state index in [4.69, 9.17) is 23.7 Å². The van der Waals surface area contributed by atoms with Crippen LogP contribution in [0.15, 0.2) is 34.8 Å². The highest BCUT2D eigenvalue weighted by molar-refractivity contribution is 9.10. The van der Waals surface area contributed by atoms with E-state index < -0.39 is 17.2 Å². The molecule has 13 heteroatoms. The number of rotatable bonds is 14. The van der Waals surface area contributed by atoms with Gasteiger partial charge in [0.1, 0.15) is 11.5 Å². The number of benzene rings is 2. The molecule has 5 rings (SSSR count). The number of amides is 3. The fourth-order valence-electron chi connectivity index (χ4n) is 7.36. The molecule has 0 N–H and O–H groups in total. The van der Waals surface area contributed by atoms with Crippen LogP contribution in [0.25, 0.3) is 0 Å². The molecule has 0 atom stereocenters. The number of hydrogen-bond acceptors (Lipinski definition) is 9. The van der Waals surface area contributed by atoms with Crippen LogP contribution in [-0.2, 0) is 23.8 Å². The van der Waals surface area contributed by atoms with Gasteiger partial charge in [0, 0.05) is 57.1 Å². The van der Waals surface area contributed by atoms with E-state index in [-0.39, 0.29) is 29.8 Å². The number of anilines is 2. The van der Waals surface area contributed by atoms with Gasteiger partial charge in [-0.2, -0.15) is 0 Å². The van der Waals surface area contributed by atoms with Crippen LogP contribution in [0.3, 0.4) is 0 Å². The van der Waals surface area contributed by atoms with Crippen LogP contribution in [0.4, 0.5) is 11.4 Å². The Morgan fingerprint density at radius 1 is 0.800 bits per heavy atom. The smallest absolute Gasteiger partial charge is 0.337 e. The van der Waals surface area contributed by atoms with Crippen LogP contribution in [0.1, 0.15) is 120 Å². The van der Waals surface area contributed by atoms with Crippen molar-refractivity contribution in [2.45, 2.75) is 123 Å². The van der Waals surface area contributed by atoms with Crippen molar-refractivity contribution in [1.82, 2.24) is 4.90 Å². The van der Waals surface area contributed by atoms with E-state index in [1.807, 2.05) is 17.0 Å². The van der Waals surface area contributed by atoms with E-state index in [0.717, 1.165) is 38.5 Å². The first-order chi connectivity index (χ1) is 26.1. The predicted molar refractivity (Wildman–Crippen MR) is 216 cm³/mol. The van der Waals surface area contributed by atoms with E-state index in [0.29, 0.717) is 64.8 Å². The Bertz CT molecular complexity index is 1670. The first kappa shape index (κ1) is 44.0. The Labute approximate surface area is 335 Å². The summed E-state index contributed by atoms with van der Waals surface area (Å²) in [5.74, 6) is 0.579. The van der Waals surface area contributed by atoms with Crippen molar-refractivity contribution in [3.63, 3.8) is 0 Å². The fraction of sp³-hybridized carbons (Fsp3) is 0.619. The molecular formula is C42H60BrN3O9. The average molecular weight is 831 g/mol. The molecule has 0 unspecified atom stereocenters. The monoisotopic (exact) mass is 829 g/mol. The van der Waals surface area contributed by atoms with Gasteiger partial charge in [0.05, 0.1) is 29.6 Å². The van der Waals surface area contributed by atoms with Gasteiger partial charge in [0.25, 0.3) is 17.7 Å². The van der Waals surface area contributed by atoms with Gasteiger partial charge in [-0.05, 0) is 126 Å². The minimum Gasteiger partial charge on any atom is -0.476 e. The van der Waals surface area contributed by atoms with Crippen molar-refractivity contribution < 1.29 is 42.9 Å². The van der Waals surface area contributed by atoms with Gasteiger partial charge < -0.3 is 38.4 Å². The lowest BCUT2D eigenvalue weighted by Gasteiger charge is -2.40. The van der Waals surface area contributed by atoms with Crippen LogP contribution in [0.5, 0.6) is 11.5 Å². The quantitative estimate of drug-likeness (QED) is 0.138. The van der Waals surface area contributed by atoms with Crippen molar-refractivity contribution >= 4 is 51.0 Å². The lowest BCUT2D eigenvalue weighted by molar-refractivity contribution is -0.133. The van der Waals surface area contributed by atoms with Crippen molar-refractivity contribution in [2.24, 2.45) is 0 Å². The van der Waals surface area contributed by atoms with Gasteiger partial charge >= 0.3 is 5.97 Å². The Hall–Kier alpha value is -3.68. The Morgan fingerprint density at radius 2 is 1.33 bits per heavy atom. The van der Waals surface area contributed by atoms with Gasteiger partial charge in [0.2, 0.25) is 0 Å². The highest BCUT2D eigenvalue weighted by atomic mass is 79.9. The number of hydrogen-bond donors (Lipinski definition) is 0. The van der Waals surface area contributed by atoms with Crippen molar-refractivity contribution in [3.05, 3.63) is 45.9 Å². The van der Waals surface area contributed by atoms with Crippen LogP contribution in [0.2, 0.25) is 0 Å². The van der Waals surface area contributed by atoms with Crippen molar-refractivity contribution in [3.8, 4) is 11.5 Å². The Balaban J connectivity index is 0.000000258. The molecule has 0 bridgehead atoms. The predicted octanol–water partition coefficient (Wildman–Crippen LogP) is 7.97. The van der Waals surface area contributed by atoms with Crippen LogP contribution < -0.4 is 19.3 Å². The molecule has 0 aromatic heterocycles. The highest BCUT2D eigenvalue weighted by Gasteiger charge is 2.43. The molecule has 2 aromatic rings. The summed E-state index contributed by atoms with van der Waals surface area (Å²) in [7, 11) is 4.66. The molecule has 12 nitrogen and oxygen atoms in total. The second-order valence-corrected chi connectivity index (χ2v) is 16.5. The SMILES string of the molecule is COCCCCN1C(=O)C(C)(C)Oc2cc(Br)c(C(=O)N(C(C)C)C3CCCCC3)cc21.COCCCCN1C(=O)C(C)(C)Oc2ccc(C(=O)OC)cc21. The molecule has 3 aliphatic rings. The summed E-state index contributed by atoms with van der Waals surface area (Å²) in [5.41, 5.74) is 0.373. The number of halogens is 1. The topological polar surface area (TPSA) is 124 Å². The Kier molecular flexibility index (Phi) is 15.6. The van der Waals surface area contributed by atoms with E-state index in [2.05, 4.69) is 29.8 Å². The lowest BCUT2D eigenvalue weighted by atomic mass is 9.92. The molecule has 0 spiro atoms. The summed E-state index contributed by atoms with van der Waals surface area (Å²) in [6.07, 6.45) is 9.01. The second-order valence-electron chi connectivity index (χ2n) is 15.6. The van der Waals surface area contributed by atoms with Crippen molar-refractivity contribution in [2.75, 3.05) is 57.4 Å². The molecular weight excluding hydrogens is 770 g/mol. The molecule has 2 aromatic carbocycles. The number of esters is 1. The van der Waals surface area contributed by atoms with Gasteiger partial charge in [-0.1, -0.05) is 19.3 Å². The zero-order valence-corrected chi connectivity index (χ0v) is 35.7. The number of ether oxygens (including phenoxy) is 5. The van der Waals surface area contributed by atoms with Crippen LogP contribution >= 0.6 is 15.9 Å². The maximum atomic E-state index is 13.7. The van der Waals surface area contributed by atoms with Gasteiger partial charge in [-0.15, -0.1) is 0 Å². The van der Waals surface area contributed by atoms with Crippen LogP contribution in [-0.4, -0.2) is 99.5 Å². The van der Waals surface area contributed by atoms with E-state index in [1.54, 1.807) is 69.9 Å². The minimum absolute atomic E-state index is 0.0122. The molecule has 1 aliphatic carbocycles. The first-order valence-corrected chi connectivity index (χ1v) is 20.3. The summed E-state index contributed by atoms with van der Waals surface area (Å²) in [4.78, 5) is 56.8. The molecule has 0 radical (unpaired) electrons. The minimum atomic E-state index is -0.953. The normalized spacial score (nSPS) is 17.4. The lowest BCUT2D eigenvalue weighted by Crippen LogP contribution is -2.53. The third-order valence-corrected chi connectivity index (χ3v) is 10.9. The van der Waals surface area contributed by atoms with E-state index in [1.165, 1.54) is 26.4 Å². The first-order valence-electron chi connectivity index (χ1n) is 19.5. The van der Waals surface area contributed by atoms with Crippen molar-refractivity contribution in [1.29, 1.82) is 0 Å². The number of unbranched alkanes of at least 4 members (excludes halogenated alkanes) is 2. The summed E-state index contributed by atoms with van der Waals surface area (Å²) in [6, 6.07) is 9.04. The van der Waals surface area contributed by atoms with Gasteiger partial charge in [-0.25, -0.2) is 4.79 Å². The largest absolute Gasteiger partial charge is 0.476 e. The number of methoxy groups -OCH3 is 3. The summed E-state index contributed by atoms with van der Waals surface area (Å²) in [5, 5.41) is 0. The third-order valence-electron chi connectivity index (χ3n) is 10.2. The molecule has 55 heavy (non-hydrogen) atoms. The van der Waals surface area contributed by atoms with Gasteiger partial charge in [0.15, 0.2) is 11.2 Å². The number of carbonyl (C=O) groups is 4. The third kappa shape index (κ3) is 10.6. The molecule has 3 amide bonds. The maximum absolute atomic E-state index is 13.7. The molecule has 2 heterocycles. The molecule has 1 saturated carbocycles. The maximum Gasteiger partial charge on any atom is 0.337 e. The highest BCUT2D eigenvalue weighted by Crippen LogP contribution is 2.42. The van der Waals surface area contributed by atoms with Crippen LogP contribution in [0, 0.1) is 0 Å². The molecule has 1 fully saturated rings. The zero-order chi connectivity index (χ0) is 40.5. The van der Waals surface area contributed by atoms with Gasteiger partial charge in [-0.3, -0.25) is 14.4 Å². The standard InChI is InChI=1S/C25H37BrN2O4.C17H23NO5/c1-17(2)28(18-11-7-6-8-12-18)23(29)19-15-21-22(16-20(19)26)32-25(3,4)24(30)27(21)13-9-10-14-31-5;1-17(2)16(20)18(9-5-6-10-21-3)13-11-12(15(19)22-4)7-8-14(13)23-17/h15-18H,6-14H2,1-5H3;7-8,11H,5-6,9-10H2,1-4H3. The summed E-state index contributed by atoms with van der Waals surface area (Å²) < 4.78 is 27.5. The number of nitrogens with zero attached hydrogens (tertiary/aromatic N) is 3. The fourth-order valence-corrected chi connectivity index (χ4v) is 7.85. The zero-order valence-electron chi connectivity index (χ0n) is 34.1. The molecule has 0 saturated heterocycles.